The Hall–Kier alpha value is -3.21. The molecular formula is C29H34FN3O. The molecule has 0 aliphatic heterocycles. The summed E-state index contributed by atoms with van der Waals surface area (Å²) >= 11 is 0. The van der Waals surface area contributed by atoms with Gasteiger partial charge in [-0.15, -0.1) is 0 Å². The van der Waals surface area contributed by atoms with Gasteiger partial charge in [0, 0.05) is 23.2 Å². The highest BCUT2D eigenvalue weighted by Gasteiger charge is 2.30. The van der Waals surface area contributed by atoms with E-state index >= 15 is 0 Å². The fraction of sp³-hybridized carbons (Fsp3) is 0.379. The van der Waals surface area contributed by atoms with E-state index in [0.29, 0.717) is 17.7 Å². The highest BCUT2D eigenvalue weighted by atomic mass is 19.1. The lowest BCUT2D eigenvalue weighted by Crippen LogP contribution is -2.30. The van der Waals surface area contributed by atoms with Crippen LogP contribution < -0.4 is 5.32 Å². The van der Waals surface area contributed by atoms with Crippen molar-refractivity contribution in [2.45, 2.75) is 58.3 Å². The molecule has 1 aliphatic rings. The molecule has 178 valence electrons. The minimum Gasteiger partial charge on any atom is -0.409 e. The van der Waals surface area contributed by atoms with Gasteiger partial charge in [0.2, 0.25) is 0 Å². The first-order chi connectivity index (χ1) is 16.5. The number of halogens is 1. The second-order valence-corrected chi connectivity index (χ2v) is 9.55. The Labute approximate surface area is 201 Å². The van der Waals surface area contributed by atoms with Crippen molar-refractivity contribution in [1.82, 2.24) is 4.98 Å². The van der Waals surface area contributed by atoms with Crippen molar-refractivity contribution in [1.29, 1.82) is 0 Å². The summed E-state index contributed by atoms with van der Waals surface area (Å²) in [7, 11) is 0. The summed E-state index contributed by atoms with van der Waals surface area (Å²) in [5, 5.41) is 17.6. The molecule has 0 amide bonds. The van der Waals surface area contributed by atoms with Gasteiger partial charge in [-0.1, -0.05) is 43.3 Å². The molecule has 1 saturated carbocycles. The molecule has 1 unspecified atom stereocenters. The number of benzene rings is 2. The van der Waals surface area contributed by atoms with Crippen LogP contribution in [0.1, 0.15) is 63.0 Å². The Bertz CT molecular complexity index is 1160. The Morgan fingerprint density at radius 1 is 1.15 bits per heavy atom. The molecule has 1 heterocycles. The molecule has 1 aromatic heterocycles. The van der Waals surface area contributed by atoms with E-state index in [1.807, 2.05) is 24.4 Å². The first kappa shape index (κ1) is 23.9. The van der Waals surface area contributed by atoms with E-state index in [-0.39, 0.29) is 11.7 Å². The summed E-state index contributed by atoms with van der Waals surface area (Å²) in [6.45, 7) is 8.33. The zero-order valence-corrected chi connectivity index (χ0v) is 20.1. The van der Waals surface area contributed by atoms with Gasteiger partial charge in [0.1, 0.15) is 11.7 Å². The van der Waals surface area contributed by atoms with Gasteiger partial charge < -0.3 is 10.5 Å². The van der Waals surface area contributed by atoms with Crippen LogP contribution in [0.3, 0.4) is 0 Å². The molecule has 3 aromatic rings. The van der Waals surface area contributed by atoms with Gasteiger partial charge >= 0.3 is 0 Å². The van der Waals surface area contributed by atoms with Crippen molar-refractivity contribution in [2.24, 2.45) is 17.0 Å². The molecule has 4 nitrogen and oxygen atoms in total. The predicted octanol–water partition coefficient (Wildman–Crippen LogP) is 7.69. The second kappa shape index (κ2) is 10.8. The molecule has 1 aliphatic carbocycles. The molecule has 2 N–H and O–H groups in total. The van der Waals surface area contributed by atoms with Gasteiger partial charge in [-0.25, -0.2) is 4.39 Å². The molecule has 4 rings (SSSR count). The number of oxime groups is 1. The Balaban J connectivity index is 1.38. The average Bonchev–Trinajstić information content (AvgIpc) is 2.87. The maximum absolute atomic E-state index is 13.9. The number of fused-ring (bicyclic) bond motifs is 1. The van der Waals surface area contributed by atoms with E-state index in [9.17, 15) is 9.60 Å². The summed E-state index contributed by atoms with van der Waals surface area (Å²) < 4.78 is 13.9. The summed E-state index contributed by atoms with van der Waals surface area (Å²) in [5.41, 5.74) is 5.40. The molecule has 0 spiro atoms. The topological polar surface area (TPSA) is 57.5 Å². The first-order valence-corrected chi connectivity index (χ1v) is 12.3. The van der Waals surface area contributed by atoms with Crippen molar-refractivity contribution in [3.05, 3.63) is 83.8 Å². The van der Waals surface area contributed by atoms with E-state index < -0.39 is 0 Å². The van der Waals surface area contributed by atoms with E-state index in [0.717, 1.165) is 55.1 Å². The first-order valence-electron chi connectivity index (χ1n) is 12.3. The fourth-order valence-corrected chi connectivity index (χ4v) is 5.15. The average molecular weight is 460 g/mol. The maximum Gasteiger partial charge on any atom is 0.149 e. The molecular weight excluding hydrogens is 425 g/mol. The number of hydrogen-bond donors (Lipinski definition) is 2. The molecule has 2 aromatic carbocycles. The third-order valence-electron chi connectivity index (χ3n) is 7.38. The zero-order valence-electron chi connectivity index (χ0n) is 20.1. The van der Waals surface area contributed by atoms with Gasteiger partial charge in [0.15, 0.2) is 0 Å². The van der Waals surface area contributed by atoms with Gasteiger partial charge in [0.05, 0.1) is 5.52 Å². The van der Waals surface area contributed by atoms with Crippen molar-refractivity contribution in [3.8, 4) is 0 Å². The zero-order chi connectivity index (χ0) is 24.1. The van der Waals surface area contributed by atoms with Crippen LogP contribution in [0, 0.1) is 17.7 Å². The molecule has 0 radical (unpaired) electrons. The Kier molecular flexibility index (Phi) is 7.61. The van der Waals surface area contributed by atoms with Crippen LogP contribution in [-0.2, 0) is 6.42 Å². The smallest absolute Gasteiger partial charge is 0.149 e. The largest absolute Gasteiger partial charge is 0.409 e. The summed E-state index contributed by atoms with van der Waals surface area (Å²) in [4.78, 5) is 4.40. The van der Waals surface area contributed by atoms with Crippen molar-refractivity contribution < 1.29 is 9.60 Å². The van der Waals surface area contributed by atoms with Crippen LogP contribution in [0.2, 0.25) is 0 Å². The van der Waals surface area contributed by atoms with E-state index in [2.05, 4.69) is 48.0 Å². The number of rotatable bonds is 7. The van der Waals surface area contributed by atoms with Gasteiger partial charge in [-0.3, -0.25) is 4.98 Å². The normalized spacial score (nSPS) is 19.7. The van der Waals surface area contributed by atoms with E-state index in [1.54, 1.807) is 12.1 Å². The number of pyridine rings is 1. The highest BCUT2D eigenvalue weighted by molar-refractivity contribution is 5.96. The maximum atomic E-state index is 13.9. The quantitative estimate of drug-likeness (QED) is 0.125. The standard InChI is InChI=1S/C29H34FN3O/c1-4-19(2)17-21-5-12-25(13-6-21)32-29(33-34)20(3)22-7-9-23(10-8-22)26-15-16-31-28-14-11-24(30)18-27(26)28/h5-6,11-16,18,20,22-23,34H,2,4,7-10,17H2,1,3H3,(H,32,33). The monoisotopic (exact) mass is 459 g/mol. The Morgan fingerprint density at radius 3 is 2.56 bits per heavy atom. The summed E-state index contributed by atoms with van der Waals surface area (Å²) in [6.07, 6.45) is 7.81. The minimum atomic E-state index is -0.220. The number of nitrogens with one attached hydrogen (secondary N) is 1. The number of nitrogens with zero attached hydrogens (tertiary/aromatic N) is 2. The van der Waals surface area contributed by atoms with Gasteiger partial charge in [0.25, 0.3) is 0 Å². The lowest BCUT2D eigenvalue weighted by molar-refractivity contribution is 0.273. The van der Waals surface area contributed by atoms with Crippen LogP contribution in [0.25, 0.3) is 10.9 Å². The van der Waals surface area contributed by atoms with Crippen LogP contribution in [0.4, 0.5) is 10.1 Å². The number of aromatic nitrogens is 1. The number of amidine groups is 1. The van der Waals surface area contributed by atoms with E-state index in [4.69, 9.17) is 0 Å². The number of anilines is 1. The van der Waals surface area contributed by atoms with Crippen molar-refractivity contribution in [2.75, 3.05) is 5.32 Å². The summed E-state index contributed by atoms with van der Waals surface area (Å²) in [6, 6.07) is 15.1. The molecule has 0 saturated heterocycles. The SMILES string of the molecule is C=C(CC)Cc1ccc(N/C(=N\O)C(C)C2CCC(c3ccnc4ccc(F)cc34)CC2)cc1. The van der Waals surface area contributed by atoms with Gasteiger partial charge in [-0.2, -0.15) is 0 Å². The lowest BCUT2D eigenvalue weighted by Gasteiger charge is -2.33. The molecule has 5 heteroatoms. The lowest BCUT2D eigenvalue weighted by atomic mass is 9.73. The molecule has 1 fully saturated rings. The van der Waals surface area contributed by atoms with Crippen LogP contribution >= 0.6 is 0 Å². The van der Waals surface area contributed by atoms with Gasteiger partial charge in [-0.05, 0) is 97.9 Å². The predicted molar refractivity (Wildman–Crippen MR) is 138 cm³/mol. The molecule has 1 atom stereocenters. The Morgan fingerprint density at radius 2 is 1.88 bits per heavy atom. The van der Waals surface area contributed by atoms with Crippen molar-refractivity contribution >= 4 is 22.4 Å². The van der Waals surface area contributed by atoms with Crippen LogP contribution in [-0.4, -0.2) is 16.0 Å². The molecule has 0 bridgehead atoms. The van der Waals surface area contributed by atoms with E-state index in [1.165, 1.54) is 22.8 Å². The third kappa shape index (κ3) is 5.46. The second-order valence-electron chi connectivity index (χ2n) is 9.55. The third-order valence-corrected chi connectivity index (χ3v) is 7.38. The van der Waals surface area contributed by atoms with Crippen LogP contribution in [0.15, 0.2) is 72.0 Å². The van der Waals surface area contributed by atoms with Crippen molar-refractivity contribution in [3.63, 3.8) is 0 Å². The highest BCUT2D eigenvalue weighted by Crippen LogP contribution is 2.41. The number of allylic oxidation sites excluding steroid dienone is 1. The molecule has 34 heavy (non-hydrogen) atoms. The minimum absolute atomic E-state index is 0.108. The van der Waals surface area contributed by atoms with Crippen LogP contribution in [0.5, 0.6) is 0 Å². The fourth-order valence-electron chi connectivity index (χ4n) is 5.15. The summed E-state index contributed by atoms with van der Waals surface area (Å²) in [5.74, 6) is 1.31. The number of hydrogen-bond acceptors (Lipinski definition) is 3.